The van der Waals surface area contributed by atoms with Gasteiger partial charge in [-0.05, 0) is 52.7 Å². The third-order valence-corrected chi connectivity index (χ3v) is 5.57. The second-order valence-electron chi connectivity index (χ2n) is 8.10. The summed E-state index contributed by atoms with van der Waals surface area (Å²) in [4.78, 5) is 19.3. The van der Waals surface area contributed by atoms with E-state index in [1.54, 1.807) is 0 Å². The Balaban J connectivity index is 1.56. The molecule has 2 N–H and O–H groups in total. The highest BCUT2D eigenvalue weighted by Gasteiger charge is 2.30. The molecule has 6 heteroatoms. The van der Waals surface area contributed by atoms with Gasteiger partial charge >= 0.3 is 6.03 Å². The predicted octanol–water partition coefficient (Wildman–Crippen LogP) is 1.04. The number of nitrogens with one attached hydrogen (secondary N) is 2. The predicted molar refractivity (Wildman–Crippen MR) is 99.4 cm³/mol. The summed E-state index contributed by atoms with van der Waals surface area (Å²) >= 11 is 0. The zero-order valence-corrected chi connectivity index (χ0v) is 16.1. The van der Waals surface area contributed by atoms with E-state index in [9.17, 15) is 4.79 Å². The smallest absolute Gasteiger partial charge is 0.314 e. The summed E-state index contributed by atoms with van der Waals surface area (Å²) in [5, 5.41) is 6.05. The molecule has 2 saturated heterocycles. The molecule has 0 saturated carbocycles. The number of hydrogen-bond acceptors (Lipinski definition) is 4. The van der Waals surface area contributed by atoms with Gasteiger partial charge in [0.15, 0.2) is 0 Å². The summed E-state index contributed by atoms with van der Waals surface area (Å²) in [5.41, 5.74) is 0.216. The molecule has 0 radical (unpaired) electrons. The van der Waals surface area contributed by atoms with Crippen molar-refractivity contribution in [1.82, 2.24) is 25.3 Å². The van der Waals surface area contributed by atoms with Gasteiger partial charge in [0.05, 0.1) is 0 Å². The monoisotopic (exact) mass is 339 g/mol. The first-order chi connectivity index (χ1) is 11.4. The van der Waals surface area contributed by atoms with Crippen LogP contribution in [0, 0.1) is 5.92 Å². The summed E-state index contributed by atoms with van der Waals surface area (Å²) in [6.45, 7) is 16.0. The summed E-state index contributed by atoms with van der Waals surface area (Å²) in [6, 6.07) is -0.0164. The maximum Gasteiger partial charge on any atom is 0.314 e. The summed E-state index contributed by atoms with van der Waals surface area (Å²) in [7, 11) is 2.19. The summed E-state index contributed by atoms with van der Waals surface area (Å²) in [5.74, 6) is 0.612. The number of nitrogens with zero attached hydrogens (tertiary/aromatic N) is 3. The van der Waals surface area contributed by atoms with Crippen LogP contribution in [0.1, 0.15) is 33.6 Å². The van der Waals surface area contributed by atoms with Gasteiger partial charge in [0.1, 0.15) is 0 Å². The van der Waals surface area contributed by atoms with Crippen molar-refractivity contribution in [3.05, 3.63) is 0 Å². The lowest BCUT2D eigenvalue weighted by Gasteiger charge is -2.45. The Labute approximate surface area is 147 Å². The maximum atomic E-state index is 12.0. The van der Waals surface area contributed by atoms with Crippen LogP contribution in [0.4, 0.5) is 4.79 Å². The number of hydrogen-bond donors (Lipinski definition) is 2. The van der Waals surface area contributed by atoms with E-state index in [1.807, 2.05) is 0 Å². The van der Waals surface area contributed by atoms with Crippen LogP contribution < -0.4 is 10.6 Å². The molecule has 140 valence electrons. The first kappa shape index (κ1) is 19.5. The van der Waals surface area contributed by atoms with E-state index in [2.05, 4.69) is 53.2 Å². The molecular weight excluding hydrogens is 302 g/mol. The van der Waals surface area contributed by atoms with E-state index < -0.39 is 0 Å². The van der Waals surface area contributed by atoms with Crippen molar-refractivity contribution in [2.24, 2.45) is 5.92 Å². The third kappa shape index (κ3) is 5.90. The molecule has 1 atom stereocenters. The molecule has 0 spiro atoms. The number of likely N-dealkylation sites (tertiary alicyclic amines) is 1. The molecule has 0 aromatic carbocycles. The van der Waals surface area contributed by atoms with Gasteiger partial charge in [-0.2, -0.15) is 0 Å². The van der Waals surface area contributed by atoms with Gasteiger partial charge in [-0.25, -0.2) is 4.79 Å². The molecule has 0 aromatic heterocycles. The fourth-order valence-electron chi connectivity index (χ4n) is 3.76. The number of piperazine rings is 1. The summed E-state index contributed by atoms with van der Waals surface area (Å²) in [6.07, 6.45) is 2.42. The Morgan fingerprint density at radius 2 is 1.92 bits per heavy atom. The fourth-order valence-corrected chi connectivity index (χ4v) is 3.76. The topological polar surface area (TPSA) is 50.9 Å². The second-order valence-corrected chi connectivity index (χ2v) is 8.10. The van der Waals surface area contributed by atoms with E-state index >= 15 is 0 Å². The molecule has 2 amide bonds. The van der Waals surface area contributed by atoms with Crippen LogP contribution in [0.25, 0.3) is 0 Å². The van der Waals surface area contributed by atoms with Crippen molar-refractivity contribution in [1.29, 1.82) is 0 Å². The minimum atomic E-state index is -0.0164. The van der Waals surface area contributed by atoms with Crippen molar-refractivity contribution in [3.63, 3.8) is 0 Å². The molecule has 24 heavy (non-hydrogen) atoms. The minimum absolute atomic E-state index is 0.0164. The van der Waals surface area contributed by atoms with E-state index in [1.165, 1.54) is 25.9 Å². The Morgan fingerprint density at radius 3 is 2.62 bits per heavy atom. The molecule has 6 nitrogen and oxygen atoms in total. The van der Waals surface area contributed by atoms with Crippen LogP contribution >= 0.6 is 0 Å². The van der Waals surface area contributed by atoms with Gasteiger partial charge in [0.2, 0.25) is 0 Å². The van der Waals surface area contributed by atoms with Crippen LogP contribution in [0.15, 0.2) is 0 Å². The number of carbonyl (C=O) groups is 1. The first-order valence-electron chi connectivity index (χ1n) is 9.58. The van der Waals surface area contributed by atoms with Crippen molar-refractivity contribution in [3.8, 4) is 0 Å². The molecular formula is C18H37N5O. The van der Waals surface area contributed by atoms with Crippen LogP contribution in [-0.2, 0) is 0 Å². The highest BCUT2D eigenvalue weighted by molar-refractivity contribution is 5.73. The molecule has 0 aromatic rings. The zero-order chi connectivity index (χ0) is 17.6. The van der Waals surface area contributed by atoms with Crippen molar-refractivity contribution in [2.45, 2.75) is 39.2 Å². The number of likely N-dealkylation sites (N-methyl/N-ethyl adjacent to an activating group) is 1. The van der Waals surface area contributed by atoms with Gasteiger partial charge in [-0.3, -0.25) is 9.80 Å². The van der Waals surface area contributed by atoms with Crippen molar-refractivity contribution >= 4 is 6.03 Å². The van der Waals surface area contributed by atoms with Crippen LogP contribution in [0.5, 0.6) is 0 Å². The van der Waals surface area contributed by atoms with Gasteiger partial charge in [-0.15, -0.1) is 0 Å². The molecule has 2 fully saturated rings. The van der Waals surface area contributed by atoms with Crippen LogP contribution in [0.3, 0.4) is 0 Å². The highest BCUT2D eigenvalue weighted by Crippen LogP contribution is 2.18. The van der Waals surface area contributed by atoms with Gasteiger partial charge < -0.3 is 15.5 Å². The average Bonchev–Trinajstić information content (AvgIpc) is 2.97. The molecule has 2 heterocycles. The molecule has 0 bridgehead atoms. The Kier molecular flexibility index (Phi) is 7.32. The van der Waals surface area contributed by atoms with Crippen molar-refractivity contribution in [2.75, 3.05) is 66.0 Å². The molecule has 2 rings (SSSR count). The Bertz CT molecular complexity index is 401. The largest absolute Gasteiger partial charge is 0.338 e. The van der Waals surface area contributed by atoms with Crippen molar-refractivity contribution < 1.29 is 4.79 Å². The van der Waals surface area contributed by atoms with E-state index in [-0.39, 0.29) is 11.6 Å². The maximum absolute atomic E-state index is 12.0. The molecule has 0 aliphatic carbocycles. The van der Waals surface area contributed by atoms with E-state index in [0.717, 1.165) is 45.8 Å². The minimum Gasteiger partial charge on any atom is -0.338 e. The van der Waals surface area contributed by atoms with Gasteiger partial charge in [0.25, 0.3) is 0 Å². The number of amides is 2. The normalized spacial score (nSPS) is 25.8. The number of urea groups is 1. The Hall–Kier alpha value is -0.850. The summed E-state index contributed by atoms with van der Waals surface area (Å²) < 4.78 is 0. The highest BCUT2D eigenvalue weighted by atomic mass is 16.2. The zero-order valence-electron chi connectivity index (χ0n) is 16.1. The average molecular weight is 340 g/mol. The van der Waals surface area contributed by atoms with Gasteiger partial charge in [0, 0.05) is 51.4 Å². The lowest BCUT2D eigenvalue weighted by molar-refractivity contribution is 0.0410. The molecule has 2 aliphatic heterocycles. The molecule has 2 aliphatic rings. The lowest BCUT2D eigenvalue weighted by Crippen LogP contribution is -2.58. The van der Waals surface area contributed by atoms with Crippen LogP contribution in [-0.4, -0.2) is 92.2 Å². The number of carbonyl (C=O) groups excluding carboxylic acids is 1. The molecule has 0 unspecified atom stereocenters. The standard InChI is InChI=1S/C18H37N5O/c1-5-8-22-9-6-16(14-22)13-20-17(24)19-7-10-23-12-11-21(4)18(2,3)15-23/h16H,5-15H2,1-4H3,(H2,19,20,24)/t16-/m0/s1. The Morgan fingerprint density at radius 1 is 1.12 bits per heavy atom. The second kappa shape index (κ2) is 9.02. The SMILES string of the molecule is CCCN1CC[C@@H](CNC(=O)NCCN2CCN(C)C(C)(C)C2)C1. The quantitative estimate of drug-likeness (QED) is 0.728. The number of rotatable bonds is 7. The lowest BCUT2D eigenvalue weighted by atomic mass is 10.00. The van der Waals surface area contributed by atoms with Crippen LogP contribution in [0.2, 0.25) is 0 Å². The van der Waals surface area contributed by atoms with E-state index in [0.29, 0.717) is 5.92 Å². The fraction of sp³-hybridized carbons (Fsp3) is 0.944. The third-order valence-electron chi connectivity index (χ3n) is 5.57. The first-order valence-corrected chi connectivity index (χ1v) is 9.58. The van der Waals surface area contributed by atoms with Gasteiger partial charge in [-0.1, -0.05) is 6.92 Å². The van der Waals surface area contributed by atoms with E-state index in [4.69, 9.17) is 0 Å².